The molecule has 2 rings (SSSR count). The van der Waals surface area contributed by atoms with Crippen LogP contribution >= 0.6 is 11.8 Å². The maximum absolute atomic E-state index is 12.3. The van der Waals surface area contributed by atoms with Gasteiger partial charge in [0.05, 0.1) is 11.9 Å². The van der Waals surface area contributed by atoms with E-state index in [0.717, 1.165) is 18.2 Å². The van der Waals surface area contributed by atoms with E-state index in [-0.39, 0.29) is 0 Å². The third-order valence-electron chi connectivity index (χ3n) is 2.62. The van der Waals surface area contributed by atoms with E-state index in [4.69, 9.17) is 0 Å². The molecular formula is C11H13F3N2S. The van der Waals surface area contributed by atoms with Gasteiger partial charge in [0.2, 0.25) is 0 Å². The number of anilines is 1. The second kappa shape index (κ2) is 4.76. The molecule has 94 valence electrons. The summed E-state index contributed by atoms with van der Waals surface area (Å²) in [4.78, 5) is 3.42. The van der Waals surface area contributed by atoms with E-state index in [1.165, 1.54) is 12.3 Å². The Labute approximate surface area is 102 Å². The highest BCUT2D eigenvalue weighted by atomic mass is 32.2. The number of pyridine rings is 1. The van der Waals surface area contributed by atoms with Gasteiger partial charge in [0.15, 0.2) is 0 Å². The van der Waals surface area contributed by atoms with Gasteiger partial charge in [-0.25, -0.2) is 4.98 Å². The molecule has 0 amide bonds. The smallest absolute Gasteiger partial charge is 0.380 e. The molecule has 0 bridgehead atoms. The topological polar surface area (TPSA) is 24.9 Å². The van der Waals surface area contributed by atoms with Gasteiger partial charge in [-0.3, -0.25) is 0 Å². The molecular weight excluding hydrogens is 249 g/mol. The first kappa shape index (κ1) is 12.5. The first-order chi connectivity index (χ1) is 7.95. The van der Waals surface area contributed by atoms with Crippen LogP contribution in [0.5, 0.6) is 0 Å². The van der Waals surface area contributed by atoms with Crippen molar-refractivity contribution in [1.29, 1.82) is 0 Å². The number of alkyl halides is 3. The second-order valence-corrected chi connectivity index (χ2v) is 5.62. The Morgan fingerprint density at radius 1 is 1.41 bits per heavy atom. The quantitative estimate of drug-likeness (QED) is 0.884. The van der Waals surface area contributed by atoms with Crippen LogP contribution in [0.15, 0.2) is 18.3 Å². The molecule has 17 heavy (non-hydrogen) atoms. The third kappa shape index (κ3) is 3.28. The molecule has 1 aromatic rings. The fourth-order valence-corrected chi connectivity index (χ4v) is 2.95. The predicted octanol–water partition coefficient (Wildman–Crippen LogP) is 3.41. The number of hydrogen-bond donors (Lipinski definition) is 1. The minimum Gasteiger partial charge on any atom is -0.380 e. The molecule has 0 spiro atoms. The lowest BCUT2D eigenvalue weighted by atomic mass is 10.2. The molecule has 1 saturated heterocycles. The van der Waals surface area contributed by atoms with Crippen LogP contribution in [0.2, 0.25) is 0 Å². The van der Waals surface area contributed by atoms with E-state index in [0.29, 0.717) is 17.0 Å². The van der Waals surface area contributed by atoms with Gasteiger partial charge in [-0.15, -0.1) is 0 Å². The molecule has 6 heteroatoms. The summed E-state index contributed by atoms with van der Waals surface area (Å²) in [6.45, 7) is 2.15. The van der Waals surface area contributed by atoms with E-state index in [9.17, 15) is 13.2 Å². The average Bonchev–Trinajstić information content (AvgIpc) is 2.63. The summed E-state index contributed by atoms with van der Waals surface area (Å²) in [6, 6.07) is 2.77. The highest BCUT2D eigenvalue weighted by Gasteiger charge is 2.32. The third-order valence-corrected chi connectivity index (χ3v) is 3.98. The summed E-state index contributed by atoms with van der Waals surface area (Å²) in [5, 5.41) is 3.81. The van der Waals surface area contributed by atoms with Gasteiger partial charge in [-0.05, 0) is 18.6 Å². The lowest BCUT2D eigenvalue weighted by Crippen LogP contribution is -2.19. The summed E-state index contributed by atoms with van der Waals surface area (Å²) in [6.07, 6.45) is -2.08. The summed E-state index contributed by atoms with van der Waals surface area (Å²) < 4.78 is 36.9. The molecule has 0 aromatic carbocycles. The average molecular weight is 262 g/mol. The maximum Gasteiger partial charge on any atom is 0.433 e. The van der Waals surface area contributed by atoms with Crippen LogP contribution in [-0.2, 0) is 6.18 Å². The molecule has 1 aliphatic rings. The van der Waals surface area contributed by atoms with Crippen molar-refractivity contribution in [3.05, 3.63) is 24.0 Å². The van der Waals surface area contributed by atoms with Gasteiger partial charge in [0.1, 0.15) is 5.69 Å². The molecule has 0 saturated carbocycles. The minimum atomic E-state index is -4.36. The second-order valence-electron chi connectivity index (χ2n) is 4.15. The van der Waals surface area contributed by atoms with E-state index in [2.05, 4.69) is 17.2 Å². The first-order valence-corrected chi connectivity index (χ1v) is 6.41. The van der Waals surface area contributed by atoms with Gasteiger partial charge >= 0.3 is 6.18 Å². The van der Waals surface area contributed by atoms with Crippen LogP contribution in [-0.4, -0.2) is 22.0 Å². The molecule has 2 atom stereocenters. The normalized spacial score (nSPS) is 24.9. The minimum absolute atomic E-state index is 0.327. The van der Waals surface area contributed by atoms with Gasteiger partial charge in [0.25, 0.3) is 0 Å². The van der Waals surface area contributed by atoms with Crippen LogP contribution < -0.4 is 5.32 Å². The number of nitrogens with zero attached hydrogens (tertiary/aromatic N) is 1. The standard InChI is InChI=1S/C11H13F3N2S/c1-7-4-9(6-17-7)16-8-2-3-10(15-5-8)11(12,13)14/h2-3,5,7,9,16H,4,6H2,1H3. The van der Waals surface area contributed by atoms with Gasteiger partial charge in [-0.1, -0.05) is 6.92 Å². The van der Waals surface area contributed by atoms with Crippen molar-refractivity contribution >= 4 is 17.4 Å². The lowest BCUT2D eigenvalue weighted by molar-refractivity contribution is -0.141. The summed E-state index contributed by atoms with van der Waals surface area (Å²) >= 11 is 1.87. The summed E-state index contributed by atoms with van der Waals surface area (Å²) in [5.74, 6) is 0.988. The number of hydrogen-bond acceptors (Lipinski definition) is 3. The number of aromatic nitrogens is 1. The van der Waals surface area contributed by atoms with E-state index < -0.39 is 11.9 Å². The van der Waals surface area contributed by atoms with Gasteiger partial charge in [0, 0.05) is 17.0 Å². The van der Waals surface area contributed by atoms with Crippen LogP contribution in [0.1, 0.15) is 19.0 Å². The molecule has 2 nitrogen and oxygen atoms in total. The Kier molecular flexibility index (Phi) is 3.51. The Morgan fingerprint density at radius 3 is 2.65 bits per heavy atom. The number of nitrogens with one attached hydrogen (secondary N) is 1. The Hall–Kier alpha value is -0.910. The van der Waals surface area contributed by atoms with Crippen molar-refractivity contribution in [3.8, 4) is 0 Å². The lowest BCUT2D eigenvalue weighted by Gasteiger charge is -2.13. The SMILES string of the molecule is CC1CC(Nc2ccc(C(F)(F)F)nc2)CS1. The Bertz CT molecular complexity index is 377. The van der Waals surface area contributed by atoms with Crippen molar-refractivity contribution in [3.63, 3.8) is 0 Å². The molecule has 1 aliphatic heterocycles. The molecule has 0 aliphatic carbocycles. The zero-order chi connectivity index (χ0) is 12.5. The van der Waals surface area contributed by atoms with Crippen LogP contribution in [0, 0.1) is 0 Å². The summed E-state index contributed by atoms with van der Waals surface area (Å²) in [5.41, 5.74) is -0.199. The van der Waals surface area contributed by atoms with Crippen LogP contribution in [0.25, 0.3) is 0 Å². The fourth-order valence-electron chi connectivity index (χ4n) is 1.80. The largest absolute Gasteiger partial charge is 0.433 e. The summed E-state index contributed by atoms with van der Waals surface area (Å²) in [7, 11) is 0. The van der Waals surface area contributed by atoms with Crippen LogP contribution in [0.3, 0.4) is 0 Å². The Morgan fingerprint density at radius 2 is 2.18 bits per heavy atom. The Balaban J connectivity index is 1.99. The molecule has 0 radical (unpaired) electrons. The first-order valence-electron chi connectivity index (χ1n) is 5.36. The number of thioether (sulfide) groups is 1. The molecule has 2 unspecified atom stereocenters. The molecule has 1 fully saturated rings. The predicted molar refractivity (Wildman–Crippen MR) is 63.2 cm³/mol. The fraction of sp³-hybridized carbons (Fsp3) is 0.545. The monoisotopic (exact) mass is 262 g/mol. The number of rotatable bonds is 2. The maximum atomic E-state index is 12.3. The van der Waals surface area contributed by atoms with Crippen LogP contribution in [0.4, 0.5) is 18.9 Å². The molecule has 1 N–H and O–H groups in total. The van der Waals surface area contributed by atoms with Crippen molar-refractivity contribution in [2.75, 3.05) is 11.1 Å². The van der Waals surface area contributed by atoms with Gasteiger partial charge < -0.3 is 5.32 Å². The van der Waals surface area contributed by atoms with Gasteiger partial charge in [-0.2, -0.15) is 24.9 Å². The van der Waals surface area contributed by atoms with Crippen molar-refractivity contribution in [2.45, 2.75) is 30.8 Å². The van der Waals surface area contributed by atoms with E-state index in [1.54, 1.807) is 0 Å². The highest BCUT2D eigenvalue weighted by Crippen LogP contribution is 2.30. The molecule has 1 aromatic heterocycles. The number of halogens is 3. The zero-order valence-electron chi connectivity index (χ0n) is 9.29. The van der Waals surface area contributed by atoms with E-state index >= 15 is 0 Å². The zero-order valence-corrected chi connectivity index (χ0v) is 10.1. The molecule has 2 heterocycles. The van der Waals surface area contributed by atoms with Crippen molar-refractivity contribution in [2.24, 2.45) is 0 Å². The van der Waals surface area contributed by atoms with Crippen molar-refractivity contribution < 1.29 is 13.2 Å². The van der Waals surface area contributed by atoms with Crippen molar-refractivity contribution in [1.82, 2.24) is 4.98 Å². The van der Waals surface area contributed by atoms with E-state index in [1.807, 2.05) is 11.8 Å². The highest BCUT2D eigenvalue weighted by molar-refractivity contribution is 8.00.